The zero-order chi connectivity index (χ0) is 15.0. The molecule has 0 unspecified atom stereocenters. The van der Waals surface area contributed by atoms with Crippen LogP contribution >= 0.6 is 11.8 Å². The Morgan fingerprint density at radius 3 is 2.71 bits per heavy atom. The first-order valence-corrected chi connectivity index (χ1v) is 8.72. The molecule has 4 nitrogen and oxygen atoms in total. The average Bonchev–Trinajstić information content (AvgIpc) is 2.49. The molecular weight excluding hydrogens is 311 g/mol. The van der Waals surface area contributed by atoms with Crippen LogP contribution in [0.2, 0.25) is 0 Å². The largest absolute Gasteiger partial charge is 0.396 e. The standard InChI is InChI=1S/C14H13FN2O2S2/c15-11-9-10(5-6-12(11)16)21(18,19)17-7-8-20-14-4-2-1-3-13(14)17/h1-6,9H,7-8,16H2. The number of anilines is 2. The number of sulfonamides is 1. The SMILES string of the molecule is Nc1ccc(S(=O)(=O)N2CCSc3ccccc32)cc1F. The molecule has 2 N–H and O–H groups in total. The van der Waals surface area contributed by atoms with Gasteiger partial charge in [-0.05, 0) is 30.3 Å². The second kappa shape index (κ2) is 5.23. The van der Waals surface area contributed by atoms with Gasteiger partial charge in [0.1, 0.15) is 5.82 Å². The molecule has 21 heavy (non-hydrogen) atoms. The van der Waals surface area contributed by atoms with Gasteiger partial charge in [0.05, 0.1) is 16.3 Å². The van der Waals surface area contributed by atoms with E-state index in [1.54, 1.807) is 23.9 Å². The van der Waals surface area contributed by atoms with Gasteiger partial charge in [-0.15, -0.1) is 11.8 Å². The summed E-state index contributed by atoms with van der Waals surface area (Å²) in [5.41, 5.74) is 5.96. The van der Waals surface area contributed by atoms with Gasteiger partial charge in [-0.1, -0.05) is 12.1 Å². The van der Waals surface area contributed by atoms with Crippen molar-refractivity contribution in [1.82, 2.24) is 0 Å². The van der Waals surface area contributed by atoms with Crippen LogP contribution in [0.15, 0.2) is 52.3 Å². The minimum Gasteiger partial charge on any atom is -0.396 e. The predicted molar refractivity (Wildman–Crippen MR) is 82.5 cm³/mol. The van der Waals surface area contributed by atoms with Crippen LogP contribution in [-0.2, 0) is 10.0 Å². The number of nitrogens with zero attached hydrogens (tertiary/aromatic N) is 1. The van der Waals surface area contributed by atoms with Crippen LogP contribution in [0.3, 0.4) is 0 Å². The third-order valence-corrected chi connectivity index (χ3v) is 6.10. The van der Waals surface area contributed by atoms with Crippen molar-refractivity contribution in [3.63, 3.8) is 0 Å². The Morgan fingerprint density at radius 1 is 1.19 bits per heavy atom. The fraction of sp³-hybridized carbons (Fsp3) is 0.143. The van der Waals surface area contributed by atoms with E-state index < -0.39 is 15.8 Å². The Hall–Kier alpha value is -1.73. The Labute approximate surface area is 126 Å². The molecule has 2 aromatic carbocycles. The number of rotatable bonds is 2. The lowest BCUT2D eigenvalue weighted by molar-refractivity contribution is 0.587. The molecule has 0 saturated carbocycles. The van der Waals surface area contributed by atoms with Crippen LogP contribution in [0.1, 0.15) is 0 Å². The van der Waals surface area contributed by atoms with Gasteiger partial charge in [0.15, 0.2) is 0 Å². The first kappa shape index (κ1) is 14.2. The molecule has 0 fully saturated rings. The summed E-state index contributed by atoms with van der Waals surface area (Å²) in [6.07, 6.45) is 0. The van der Waals surface area contributed by atoms with E-state index in [-0.39, 0.29) is 10.6 Å². The third-order valence-electron chi connectivity index (χ3n) is 3.25. The van der Waals surface area contributed by atoms with Crippen molar-refractivity contribution in [2.24, 2.45) is 0 Å². The highest BCUT2D eigenvalue weighted by Crippen LogP contribution is 2.37. The summed E-state index contributed by atoms with van der Waals surface area (Å²) in [6, 6.07) is 10.9. The summed E-state index contributed by atoms with van der Waals surface area (Å²) in [5, 5.41) is 0. The molecule has 7 heteroatoms. The highest BCUT2D eigenvalue weighted by molar-refractivity contribution is 8.00. The number of halogens is 1. The van der Waals surface area contributed by atoms with Crippen LogP contribution < -0.4 is 10.0 Å². The van der Waals surface area contributed by atoms with Gasteiger partial charge in [0.25, 0.3) is 10.0 Å². The van der Waals surface area contributed by atoms with Crippen LogP contribution in [-0.4, -0.2) is 20.7 Å². The molecule has 0 saturated heterocycles. The molecule has 0 amide bonds. The van der Waals surface area contributed by atoms with Crippen LogP contribution in [0.4, 0.5) is 15.8 Å². The van der Waals surface area contributed by atoms with Crippen LogP contribution in [0, 0.1) is 5.82 Å². The Morgan fingerprint density at radius 2 is 1.95 bits per heavy atom. The molecule has 0 radical (unpaired) electrons. The first-order chi connectivity index (χ1) is 10.00. The van der Waals surface area contributed by atoms with Gasteiger partial charge >= 0.3 is 0 Å². The molecule has 0 bridgehead atoms. The van der Waals surface area contributed by atoms with Gasteiger partial charge in [-0.25, -0.2) is 12.8 Å². The van der Waals surface area contributed by atoms with Crippen molar-refractivity contribution in [2.45, 2.75) is 9.79 Å². The van der Waals surface area contributed by atoms with Crippen LogP contribution in [0.25, 0.3) is 0 Å². The van der Waals surface area contributed by atoms with E-state index in [2.05, 4.69) is 0 Å². The van der Waals surface area contributed by atoms with Crippen molar-refractivity contribution in [2.75, 3.05) is 22.3 Å². The van der Waals surface area contributed by atoms with Gasteiger partial charge in [0.2, 0.25) is 0 Å². The molecule has 0 spiro atoms. The number of hydrogen-bond acceptors (Lipinski definition) is 4. The average molecular weight is 324 g/mol. The molecule has 0 atom stereocenters. The maximum Gasteiger partial charge on any atom is 0.264 e. The molecule has 0 aliphatic carbocycles. The van der Waals surface area contributed by atoms with E-state index >= 15 is 0 Å². The maximum absolute atomic E-state index is 13.6. The molecule has 1 aliphatic heterocycles. The van der Waals surface area contributed by atoms with E-state index in [1.165, 1.54) is 16.4 Å². The van der Waals surface area contributed by atoms with Gasteiger partial charge in [-0.2, -0.15) is 0 Å². The molecule has 0 aromatic heterocycles. The molecule has 2 aromatic rings. The normalized spacial score (nSPS) is 14.8. The number of benzene rings is 2. The number of para-hydroxylation sites is 1. The van der Waals surface area contributed by atoms with Crippen LogP contribution in [0.5, 0.6) is 0 Å². The molecular formula is C14H13FN2O2S2. The highest BCUT2D eigenvalue weighted by atomic mass is 32.2. The fourth-order valence-corrected chi connectivity index (χ4v) is 4.85. The van der Waals surface area contributed by atoms with Gasteiger partial charge < -0.3 is 5.73 Å². The van der Waals surface area contributed by atoms with Crippen molar-refractivity contribution in [3.05, 3.63) is 48.3 Å². The van der Waals surface area contributed by atoms with Crippen molar-refractivity contribution < 1.29 is 12.8 Å². The molecule has 1 heterocycles. The summed E-state index contributed by atoms with van der Waals surface area (Å²) in [5.74, 6) is -0.0657. The maximum atomic E-state index is 13.6. The van der Waals surface area contributed by atoms with Crippen molar-refractivity contribution >= 4 is 33.2 Å². The summed E-state index contributed by atoms with van der Waals surface area (Å²) in [4.78, 5) is 0.819. The van der Waals surface area contributed by atoms with E-state index in [4.69, 9.17) is 5.73 Å². The lowest BCUT2D eigenvalue weighted by Crippen LogP contribution is -2.35. The number of nitrogen functional groups attached to an aromatic ring is 1. The summed E-state index contributed by atoms with van der Waals surface area (Å²) in [7, 11) is -3.79. The lowest BCUT2D eigenvalue weighted by atomic mass is 10.3. The number of hydrogen-bond donors (Lipinski definition) is 1. The third kappa shape index (κ3) is 2.47. The lowest BCUT2D eigenvalue weighted by Gasteiger charge is -2.30. The Balaban J connectivity index is 2.09. The molecule has 3 rings (SSSR count). The highest BCUT2D eigenvalue weighted by Gasteiger charge is 2.29. The van der Waals surface area contributed by atoms with Gasteiger partial charge in [-0.3, -0.25) is 4.31 Å². The number of nitrogens with two attached hydrogens (primary N) is 1. The Bertz CT molecular complexity index is 793. The molecule has 110 valence electrons. The van der Waals surface area contributed by atoms with Crippen molar-refractivity contribution in [1.29, 1.82) is 0 Å². The predicted octanol–water partition coefficient (Wildman–Crippen LogP) is 2.71. The number of fused-ring (bicyclic) bond motifs is 1. The zero-order valence-electron chi connectivity index (χ0n) is 11.0. The fourth-order valence-electron chi connectivity index (χ4n) is 2.19. The van der Waals surface area contributed by atoms with E-state index in [9.17, 15) is 12.8 Å². The second-order valence-corrected chi connectivity index (χ2v) is 7.58. The summed E-state index contributed by atoms with van der Waals surface area (Å²) >= 11 is 1.61. The topological polar surface area (TPSA) is 63.4 Å². The minimum atomic E-state index is -3.79. The monoisotopic (exact) mass is 324 g/mol. The van der Waals surface area contributed by atoms with E-state index in [0.29, 0.717) is 18.0 Å². The van der Waals surface area contributed by atoms with E-state index in [0.717, 1.165) is 11.0 Å². The van der Waals surface area contributed by atoms with Gasteiger partial charge in [0, 0.05) is 17.2 Å². The first-order valence-electron chi connectivity index (χ1n) is 6.30. The molecule has 1 aliphatic rings. The summed E-state index contributed by atoms with van der Waals surface area (Å²) in [6.45, 7) is 0.357. The quantitative estimate of drug-likeness (QED) is 0.863. The zero-order valence-corrected chi connectivity index (χ0v) is 12.6. The smallest absolute Gasteiger partial charge is 0.264 e. The number of thioether (sulfide) groups is 1. The van der Waals surface area contributed by atoms with Crippen molar-refractivity contribution in [3.8, 4) is 0 Å². The minimum absolute atomic E-state index is 0.0662. The van der Waals surface area contributed by atoms with E-state index in [1.807, 2.05) is 12.1 Å². The second-order valence-electron chi connectivity index (χ2n) is 4.58. The Kier molecular flexibility index (Phi) is 3.54. The summed E-state index contributed by atoms with van der Waals surface area (Å²) < 4.78 is 40.3.